The number of carboxylic acids is 1. The molecule has 0 saturated carbocycles. The van der Waals surface area contributed by atoms with Gasteiger partial charge in [-0.05, 0) is 56.5 Å². The van der Waals surface area contributed by atoms with Crippen LogP contribution in [0, 0.1) is 6.92 Å². The zero-order chi connectivity index (χ0) is 19.8. The minimum atomic E-state index is -0.984. The van der Waals surface area contributed by atoms with Gasteiger partial charge in [0, 0.05) is 17.2 Å². The van der Waals surface area contributed by atoms with Crippen LogP contribution in [-0.2, 0) is 17.8 Å². The molecule has 0 heterocycles. The first-order valence-electron chi connectivity index (χ1n) is 8.83. The fourth-order valence-electron chi connectivity index (χ4n) is 2.64. The van der Waals surface area contributed by atoms with E-state index in [4.69, 9.17) is 14.6 Å². The van der Waals surface area contributed by atoms with Crippen LogP contribution in [0.1, 0.15) is 36.1 Å². The Morgan fingerprint density at radius 2 is 1.81 bits per heavy atom. The number of carbonyl (C=O) groups is 1. The molecule has 0 unspecified atom stereocenters. The van der Waals surface area contributed by atoms with Gasteiger partial charge in [-0.3, -0.25) is 0 Å². The summed E-state index contributed by atoms with van der Waals surface area (Å²) in [6.45, 7) is 6.55. The van der Waals surface area contributed by atoms with E-state index in [2.05, 4.69) is 19.9 Å². The lowest BCUT2D eigenvalue weighted by Gasteiger charge is -2.16. The standard InChI is InChI=1S/C23H26O4/c1-16(2)5-13-21-17(3)6-9-19(10-14-22(24)25)23(21)27-15-18-7-11-20(26-4)12-8-18/h5-12,14H,13,15H2,1-4H3,(H,24,25)/b14-10+. The van der Waals surface area contributed by atoms with Crippen molar-refractivity contribution < 1.29 is 19.4 Å². The predicted octanol–water partition coefficient (Wildman–Crippen LogP) is 5.19. The Kier molecular flexibility index (Phi) is 7.24. The van der Waals surface area contributed by atoms with Gasteiger partial charge in [0.05, 0.1) is 7.11 Å². The number of benzene rings is 2. The van der Waals surface area contributed by atoms with Crippen molar-refractivity contribution >= 4 is 12.0 Å². The summed E-state index contributed by atoms with van der Waals surface area (Å²) in [5.41, 5.74) is 5.18. The zero-order valence-electron chi connectivity index (χ0n) is 16.3. The summed E-state index contributed by atoms with van der Waals surface area (Å²) < 4.78 is 11.3. The molecule has 0 saturated heterocycles. The molecule has 4 heteroatoms. The van der Waals surface area contributed by atoms with Gasteiger partial charge in [0.1, 0.15) is 18.1 Å². The summed E-state index contributed by atoms with van der Waals surface area (Å²) in [5.74, 6) is 0.534. The quantitative estimate of drug-likeness (QED) is 0.516. The number of ether oxygens (including phenoxy) is 2. The number of hydrogen-bond donors (Lipinski definition) is 1. The van der Waals surface area contributed by atoms with Crippen molar-refractivity contribution in [1.29, 1.82) is 0 Å². The van der Waals surface area contributed by atoms with E-state index in [9.17, 15) is 4.79 Å². The lowest BCUT2D eigenvalue weighted by Crippen LogP contribution is -2.03. The summed E-state index contributed by atoms with van der Waals surface area (Å²) >= 11 is 0. The Morgan fingerprint density at radius 3 is 2.41 bits per heavy atom. The minimum Gasteiger partial charge on any atom is -0.497 e. The molecular weight excluding hydrogens is 340 g/mol. The number of carboxylic acid groups (broad SMARTS) is 1. The maximum atomic E-state index is 10.9. The van der Waals surface area contributed by atoms with Crippen LogP contribution < -0.4 is 9.47 Å². The topological polar surface area (TPSA) is 55.8 Å². The van der Waals surface area contributed by atoms with Crippen molar-refractivity contribution in [3.63, 3.8) is 0 Å². The molecule has 142 valence electrons. The Labute approximate surface area is 160 Å². The molecule has 0 aromatic heterocycles. The average molecular weight is 366 g/mol. The van der Waals surface area contributed by atoms with Gasteiger partial charge in [-0.2, -0.15) is 0 Å². The van der Waals surface area contributed by atoms with Crippen molar-refractivity contribution in [2.75, 3.05) is 7.11 Å². The molecule has 0 atom stereocenters. The fourth-order valence-corrected chi connectivity index (χ4v) is 2.64. The molecule has 1 N–H and O–H groups in total. The van der Waals surface area contributed by atoms with Crippen LogP contribution in [0.15, 0.2) is 54.1 Å². The van der Waals surface area contributed by atoms with Crippen molar-refractivity contribution in [3.05, 3.63) is 76.4 Å². The zero-order valence-corrected chi connectivity index (χ0v) is 16.3. The largest absolute Gasteiger partial charge is 0.497 e. The molecule has 0 aliphatic carbocycles. The second-order valence-corrected chi connectivity index (χ2v) is 6.57. The second kappa shape index (κ2) is 9.62. The van der Waals surface area contributed by atoms with Crippen LogP contribution in [0.2, 0.25) is 0 Å². The first-order valence-corrected chi connectivity index (χ1v) is 8.83. The van der Waals surface area contributed by atoms with E-state index in [0.29, 0.717) is 6.61 Å². The SMILES string of the molecule is COc1ccc(COc2c(/C=C/C(=O)O)ccc(C)c2CC=C(C)C)cc1. The fraction of sp³-hybridized carbons (Fsp3) is 0.261. The summed E-state index contributed by atoms with van der Waals surface area (Å²) in [5, 5.41) is 8.97. The third kappa shape index (κ3) is 6.03. The molecule has 0 bridgehead atoms. The van der Waals surface area contributed by atoms with Crippen LogP contribution in [0.25, 0.3) is 6.08 Å². The van der Waals surface area contributed by atoms with Gasteiger partial charge in [0.2, 0.25) is 0 Å². The highest BCUT2D eigenvalue weighted by Gasteiger charge is 2.12. The minimum absolute atomic E-state index is 0.392. The highest BCUT2D eigenvalue weighted by atomic mass is 16.5. The maximum absolute atomic E-state index is 10.9. The Hall–Kier alpha value is -3.01. The highest BCUT2D eigenvalue weighted by Crippen LogP contribution is 2.30. The number of allylic oxidation sites excluding steroid dienone is 2. The molecule has 27 heavy (non-hydrogen) atoms. The van der Waals surface area contributed by atoms with E-state index in [1.807, 2.05) is 43.3 Å². The molecule has 2 aromatic carbocycles. The van der Waals surface area contributed by atoms with E-state index in [0.717, 1.165) is 46.2 Å². The molecule has 0 amide bonds. The summed E-state index contributed by atoms with van der Waals surface area (Å²) in [7, 11) is 1.63. The van der Waals surface area contributed by atoms with Gasteiger partial charge < -0.3 is 14.6 Å². The van der Waals surface area contributed by atoms with Crippen LogP contribution in [0.3, 0.4) is 0 Å². The molecule has 0 aliphatic rings. The lowest BCUT2D eigenvalue weighted by atomic mass is 9.99. The van der Waals surface area contributed by atoms with Gasteiger partial charge in [0.25, 0.3) is 0 Å². The van der Waals surface area contributed by atoms with Crippen molar-refractivity contribution in [1.82, 2.24) is 0 Å². The van der Waals surface area contributed by atoms with Crippen molar-refractivity contribution in [3.8, 4) is 11.5 Å². The molecule has 2 rings (SSSR count). The number of aliphatic carboxylic acids is 1. The normalized spacial score (nSPS) is 10.7. The highest BCUT2D eigenvalue weighted by molar-refractivity contribution is 5.86. The molecule has 2 aromatic rings. The molecule has 0 radical (unpaired) electrons. The molecule has 0 aliphatic heterocycles. The van der Waals surface area contributed by atoms with E-state index in [1.165, 1.54) is 5.57 Å². The third-order valence-electron chi connectivity index (χ3n) is 4.19. The summed E-state index contributed by atoms with van der Waals surface area (Å²) in [6.07, 6.45) is 5.60. The van der Waals surface area contributed by atoms with Gasteiger partial charge >= 0.3 is 5.97 Å². The Balaban J connectivity index is 2.36. The van der Waals surface area contributed by atoms with E-state index in [1.54, 1.807) is 13.2 Å². The van der Waals surface area contributed by atoms with Crippen LogP contribution >= 0.6 is 0 Å². The van der Waals surface area contributed by atoms with E-state index in [-0.39, 0.29) is 0 Å². The van der Waals surface area contributed by atoms with Crippen molar-refractivity contribution in [2.24, 2.45) is 0 Å². The van der Waals surface area contributed by atoms with Crippen LogP contribution in [-0.4, -0.2) is 18.2 Å². The summed E-state index contributed by atoms with van der Waals surface area (Å²) in [6, 6.07) is 11.6. The second-order valence-electron chi connectivity index (χ2n) is 6.57. The number of hydrogen-bond acceptors (Lipinski definition) is 3. The predicted molar refractivity (Wildman–Crippen MR) is 108 cm³/mol. The summed E-state index contributed by atoms with van der Waals surface area (Å²) in [4.78, 5) is 10.9. The van der Waals surface area contributed by atoms with Gasteiger partial charge in [-0.1, -0.05) is 35.9 Å². The maximum Gasteiger partial charge on any atom is 0.328 e. The lowest BCUT2D eigenvalue weighted by molar-refractivity contribution is -0.131. The van der Waals surface area contributed by atoms with Gasteiger partial charge in [-0.15, -0.1) is 0 Å². The van der Waals surface area contributed by atoms with E-state index < -0.39 is 5.97 Å². The molecular formula is C23H26O4. The van der Waals surface area contributed by atoms with Crippen LogP contribution in [0.5, 0.6) is 11.5 Å². The Bertz CT molecular complexity index is 841. The van der Waals surface area contributed by atoms with Gasteiger partial charge in [-0.25, -0.2) is 4.79 Å². The number of aryl methyl sites for hydroxylation is 1. The third-order valence-corrected chi connectivity index (χ3v) is 4.19. The molecule has 0 spiro atoms. The number of rotatable bonds is 8. The monoisotopic (exact) mass is 366 g/mol. The van der Waals surface area contributed by atoms with Crippen LogP contribution in [0.4, 0.5) is 0 Å². The smallest absolute Gasteiger partial charge is 0.328 e. The van der Waals surface area contributed by atoms with Crippen molar-refractivity contribution in [2.45, 2.75) is 33.8 Å². The average Bonchev–Trinajstić information content (AvgIpc) is 2.64. The number of methoxy groups -OCH3 is 1. The van der Waals surface area contributed by atoms with E-state index >= 15 is 0 Å². The first-order chi connectivity index (χ1) is 12.9. The molecule has 0 fully saturated rings. The Morgan fingerprint density at radius 1 is 1.11 bits per heavy atom. The molecule has 4 nitrogen and oxygen atoms in total. The first kappa shape index (κ1) is 20.3. The van der Waals surface area contributed by atoms with Gasteiger partial charge in [0.15, 0.2) is 0 Å².